The molecule has 6 amide bonds. The highest BCUT2D eigenvalue weighted by Crippen LogP contribution is 1.96. The van der Waals surface area contributed by atoms with Crippen LogP contribution in [0.2, 0.25) is 19.0 Å². The Balaban J connectivity index is 4.67. The van der Waals surface area contributed by atoms with Crippen LogP contribution in [0.5, 0.6) is 0 Å². The van der Waals surface area contributed by atoms with Crippen molar-refractivity contribution >= 4 is 59.0 Å². The molecule has 0 bridgehead atoms. The minimum atomic E-state index is -0.725. The van der Waals surface area contributed by atoms with Gasteiger partial charge in [-0.3, -0.25) is 28.8 Å². The molecule has 182 valence electrons. The standard InChI is InChI=1S/C18H30B3N7O6/c19-7-16(32)26(4-1-22)11-14(30)25-3-6-28(18(34)9-21)12-15(31)24-2-5-27(10-13(23)29)17(33)8-20/h1-12,22H2,(H2,23,29)(H,24,31)(H,25,30)/p+1. The third-order valence-electron chi connectivity index (χ3n) is 4.43. The highest BCUT2D eigenvalue weighted by atomic mass is 16.2. The summed E-state index contributed by atoms with van der Waals surface area (Å²) in [6.45, 7) is -0.201. The van der Waals surface area contributed by atoms with E-state index in [4.69, 9.17) is 29.3 Å². The minimum Gasteiger partial charge on any atom is -0.368 e. The second-order valence-corrected chi connectivity index (χ2v) is 7.08. The summed E-state index contributed by atoms with van der Waals surface area (Å²) in [4.78, 5) is 74.4. The van der Waals surface area contributed by atoms with E-state index >= 15 is 0 Å². The van der Waals surface area contributed by atoms with Gasteiger partial charge in [-0.25, -0.2) is 0 Å². The third kappa shape index (κ3) is 12.9. The fraction of sp³-hybridized carbons (Fsp3) is 0.667. The molecule has 0 aromatic rings. The van der Waals surface area contributed by atoms with Crippen LogP contribution in [-0.2, 0) is 28.8 Å². The lowest BCUT2D eigenvalue weighted by Crippen LogP contribution is -2.56. The second-order valence-electron chi connectivity index (χ2n) is 7.08. The van der Waals surface area contributed by atoms with Gasteiger partial charge in [-0.1, -0.05) is 0 Å². The lowest BCUT2D eigenvalue weighted by Gasteiger charge is -2.24. The van der Waals surface area contributed by atoms with E-state index < -0.39 is 35.4 Å². The summed E-state index contributed by atoms with van der Waals surface area (Å²) >= 11 is 0. The molecular formula is C18H31B3N7O6+. The van der Waals surface area contributed by atoms with Crippen LogP contribution in [0.4, 0.5) is 0 Å². The first-order valence-electron chi connectivity index (χ1n) is 10.6. The van der Waals surface area contributed by atoms with Gasteiger partial charge in [0.25, 0.3) is 0 Å². The first-order chi connectivity index (χ1) is 16.1. The van der Waals surface area contributed by atoms with Gasteiger partial charge in [0.05, 0.1) is 56.3 Å². The van der Waals surface area contributed by atoms with E-state index in [2.05, 4.69) is 16.4 Å². The molecule has 7 N–H and O–H groups in total. The lowest BCUT2D eigenvalue weighted by atomic mass is 10.0. The maximum Gasteiger partial charge on any atom is 0.239 e. The van der Waals surface area contributed by atoms with Crippen molar-refractivity contribution in [2.24, 2.45) is 5.73 Å². The second kappa shape index (κ2) is 17.5. The average molecular weight is 474 g/mol. The Morgan fingerprint density at radius 1 is 0.647 bits per heavy atom. The van der Waals surface area contributed by atoms with Crippen molar-refractivity contribution in [2.45, 2.75) is 19.0 Å². The maximum atomic E-state index is 12.2. The smallest absolute Gasteiger partial charge is 0.239 e. The first-order valence-corrected chi connectivity index (χ1v) is 10.6. The molecule has 6 radical (unpaired) electrons. The molecule has 0 atom stereocenters. The van der Waals surface area contributed by atoms with Gasteiger partial charge in [0.2, 0.25) is 35.4 Å². The van der Waals surface area contributed by atoms with Crippen molar-refractivity contribution in [3.05, 3.63) is 0 Å². The van der Waals surface area contributed by atoms with Crippen LogP contribution in [0.15, 0.2) is 0 Å². The van der Waals surface area contributed by atoms with Crippen LogP contribution in [0.3, 0.4) is 0 Å². The molecule has 0 unspecified atom stereocenters. The van der Waals surface area contributed by atoms with Crippen molar-refractivity contribution in [1.82, 2.24) is 25.3 Å². The summed E-state index contributed by atoms with van der Waals surface area (Å²) in [5.74, 6) is -3.14. The Morgan fingerprint density at radius 3 is 1.32 bits per heavy atom. The number of carbonyl (C=O) groups excluding carboxylic acids is 6. The van der Waals surface area contributed by atoms with Gasteiger partial charge >= 0.3 is 0 Å². The van der Waals surface area contributed by atoms with Gasteiger partial charge in [0, 0.05) is 26.2 Å². The number of nitrogens with zero attached hydrogens (tertiary/aromatic N) is 3. The molecule has 0 aliphatic heterocycles. The number of nitrogens with one attached hydrogen (secondary N) is 2. The number of rotatable bonds is 17. The van der Waals surface area contributed by atoms with Crippen LogP contribution in [0.25, 0.3) is 0 Å². The average Bonchev–Trinajstić information content (AvgIpc) is 2.80. The summed E-state index contributed by atoms with van der Waals surface area (Å²) in [5, 5.41) is 5.09. The zero-order chi connectivity index (χ0) is 26.1. The Bertz CT molecular complexity index is 728. The topological polar surface area (TPSA) is 190 Å². The molecule has 0 fully saturated rings. The largest absolute Gasteiger partial charge is 0.368 e. The molecule has 0 saturated carbocycles. The van der Waals surface area contributed by atoms with E-state index in [0.29, 0.717) is 6.54 Å². The van der Waals surface area contributed by atoms with Crippen molar-refractivity contribution in [2.75, 3.05) is 58.9 Å². The SMILES string of the molecule is [B]CC(=O)N(CCNC(=O)CN(CCNC(=O)CN(CC[NH3+])C(=O)C[B])C(=O)C[B])CC(N)=O. The van der Waals surface area contributed by atoms with Gasteiger partial charge in [0.15, 0.2) is 0 Å². The Hall–Kier alpha value is -3.03. The fourth-order valence-corrected chi connectivity index (χ4v) is 2.76. The van der Waals surface area contributed by atoms with E-state index in [-0.39, 0.29) is 71.3 Å². The molecule has 0 rings (SSSR count). The van der Waals surface area contributed by atoms with E-state index in [1.165, 1.54) is 4.90 Å². The Labute approximate surface area is 202 Å². The maximum absolute atomic E-state index is 12.2. The van der Waals surface area contributed by atoms with E-state index in [9.17, 15) is 28.8 Å². The Morgan fingerprint density at radius 2 is 1.00 bits per heavy atom. The van der Waals surface area contributed by atoms with Crippen LogP contribution in [0.1, 0.15) is 0 Å². The number of primary amides is 1. The molecule has 13 nitrogen and oxygen atoms in total. The first kappa shape index (κ1) is 31.0. The summed E-state index contributed by atoms with van der Waals surface area (Å²) in [7, 11) is 16.0. The van der Waals surface area contributed by atoms with Gasteiger partial charge in [-0.05, 0) is 19.0 Å². The summed E-state index contributed by atoms with van der Waals surface area (Å²) < 4.78 is 0. The van der Waals surface area contributed by atoms with Gasteiger partial charge in [-0.15, -0.1) is 0 Å². The predicted molar refractivity (Wildman–Crippen MR) is 124 cm³/mol. The number of hydrogen-bond acceptors (Lipinski definition) is 6. The molecule has 0 saturated heterocycles. The number of hydrogen-bond donors (Lipinski definition) is 4. The molecular weight excluding hydrogens is 443 g/mol. The van der Waals surface area contributed by atoms with Gasteiger partial charge in [0.1, 0.15) is 0 Å². The molecule has 0 aliphatic rings. The molecule has 0 aromatic carbocycles. The van der Waals surface area contributed by atoms with Crippen LogP contribution in [-0.4, -0.2) is 133 Å². The van der Waals surface area contributed by atoms with Crippen LogP contribution >= 0.6 is 0 Å². The van der Waals surface area contributed by atoms with E-state index in [1.54, 1.807) is 0 Å². The summed E-state index contributed by atoms with van der Waals surface area (Å²) in [5.41, 5.74) is 8.73. The van der Waals surface area contributed by atoms with E-state index in [1.807, 2.05) is 0 Å². The molecule has 34 heavy (non-hydrogen) atoms. The van der Waals surface area contributed by atoms with E-state index in [0.717, 1.165) is 9.80 Å². The highest BCUT2D eigenvalue weighted by Gasteiger charge is 2.19. The quantitative estimate of drug-likeness (QED) is 0.152. The normalized spacial score (nSPS) is 10.1. The predicted octanol–water partition coefficient (Wildman–Crippen LogP) is -5.81. The molecule has 0 spiro atoms. The van der Waals surface area contributed by atoms with Crippen molar-refractivity contribution < 1.29 is 34.5 Å². The Kier molecular flexibility index (Phi) is 15.9. The molecule has 16 heteroatoms. The monoisotopic (exact) mass is 474 g/mol. The lowest BCUT2D eigenvalue weighted by molar-refractivity contribution is -0.368. The van der Waals surface area contributed by atoms with Gasteiger partial charge in [-0.2, -0.15) is 0 Å². The number of carbonyl (C=O) groups is 6. The van der Waals surface area contributed by atoms with Crippen molar-refractivity contribution in [3.8, 4) is 0 Å². The van der Waals surface area contributed by atoms with Gasteiger partial charge < -0.3 is 36.8 Å². The summed E-state index contributed by atoms with van der Waals surface area (Å²) in [6, 6.07) is 0. The fourth-order valence-electron chi connectivity index (χ4n) is 2.76. The summed E-state index contributed by atoms with van der Waals surface area (Å²) in [6.07, 6.45) is -0.901. The number of quaternary nitrogens is 1. The van der Waals surface area contributed by atoms with Crippen molar-refractivity contribution in [3.63, 3.8) is 0 Å². The molecule has 0 heterocycles. The highest BCUT2D eigenvalue weighted by molar-refractivity contribution is 6.20. The number of amides is 6. The number of nitrogens with two attached hydrogens (primary N) is 1. The zero-order valence-corrected chi connectivity index (χ0v) is 19.3. The van der Waals surface area contributed by atoms with Crippen molar-refractivity contribution in [1.29, 1.82) is 0 Å². The molecule has 0 aliphatic carbocycles. The third-order valence-corrected chi connectivity index (χ3v) is 4.43. The minimum absolute atomic E-state index is 0.00307. The molecule has 0 aromatic heterocycles. The van der Waals surface area contributed by atoms with Crippen LogP contribution < -0.4 is 22.1 Å². The van der Waals surface area contributed by atoms with Crippen LogP contribution in [0, 0.1) is 0 Å². The zero-order valence-electron chi connectivity index (χ0n) is 19.3.